The summed E-state index contributed by atoms with van der Waals surface area (Å²) in [6.45, 7) is 16.2. The van der Waals surface area contributed by atoms with Crippen molar-refractivity contribution in [3.63, 3.8) is 0 Å². The van der Waals surface area contributed by atoms with E-state index in [9.17, 15) is 0 Å². The zero-order valence-corrected chi connectivity index (χ0v) is 23.5. The Morgan fingerprint density at radius 1 is 0.757 bits per heavy atom. The molecule has 0 spiro atoms. The maximum atomic E-state index is 7.06. The number of nitrogens with zero attached hydrogens (tertiary/aromatic N) is 1. The lowest BCUT2D eigenvalue weighted by molar-refractivity contribution is -0.659. The van der Waals surface area contributed by atoms with Crippen LogP contribution in [0.1, 0.15) is 58.2 Å². The normalized spacial score (nSPS) is 13.3. The first kappa shape index (κ1) is 24.0. The van der Waals surface area contributed by atoms with E-state index < -0.39 is 0 Å². The molecule has 0 unspecified atom stereocenters. The van der Waals surface area contributed by atoms with Crippen LogP contribution < -0.4 is 9.30 Å². The van der Waals surface area contributed by atoms with Crippen LogP contribution >= 0.6 is 0 Å². The third-order valence-corrected chi connectivity index (χ3v) is 7.66. The van der Waals surface area contributed by atoms with Gasteiger partial charge >= 0.3 is 0 Å². The Hall–Kier alpha value is -3.39. The molecule has 0 N–H and O–H groups in total. The van der Waals surface area contributed by atoms with Gasteiger partial charge in [-0.3, -0.25) is 0 Å². The molecule has 1 aromatic heterocycles. The second kappa shape index (κ2) is 8.05. The molecule has 188 valence electrons. The third-order valence-electron chi connectivity index (χ3n) is 7.66. The third kappa shape index (κ3) is 3.98. The van der Waals surface area contributed by atoms with Gasteiger partial charge in [-0.1, -0.05) is 84.0 Å². The highest BCUT2D eigenvalue weighted by Gasteiger charge is 2.34. The first-order valence-corrected chi connectivity index (χ1v) is 13.5. The topological polar surface area (TPSA) is 13.1 Å². The van der Waals surface area contributed by atoms with E-state index in [1.165, 1.54) is 60.3 Å². The summed E-state index contributed by atoms with van der Waals surface area (Å²) in [6.07, 6.45) is 4.17. The SMILES string of the molecule is Cc1c2c(c(CC(C)(C)C)c3c1ccc1ccccc13)Oc1cc(CC(C)(C)C)cc3cc[n+](C)c-2c13. The molecule has 2 heteroatoms. The van der Waals surface area contributed by atoms with Crippen LogP contribution in [-0.4, -0.2) is 0 Å². The standard InChI is InChI=1S/C35H38NO/c1-21-25-14-13-23-11-9-10-12-26(23)31(25)27(20-35(5,6)7)33-29(21)32-30-24(15-16-36(32)8)17-22(18-28(30)37-33)19-34(2,3)4/h9-18H,19-20H2,1-8H3/q+1. The molecule has 0 amide bonds. The minimum Gasteiger partial charge on any atom is -0.455 e. The van der Waals surface area contributed by atoms with Crippen molar-refractivity contribution in [2.45, 2.75) is 61.3 Å². The van der Waals surface area contributed by atoms with E-state index in [1.54, 1.807) is 0 Å². The lowest BCUT2D eigenvalue weighted by Gasteiger charge is -2.29. The highest BCUT2D eigenvalue weighted by molar-refractivity contribution is 6.15. The van der Waals surface area contributed by atoms with E-state index in [0.29, 0.717) is 0 Å². The van der Waals surface area contributed by atoms with Crippen LogP contribution in [0.2, 0.25) is 0 Å². The monoisotopic (exact) mass is 488 g/mol. The lowest BCUT2D eigenvalue weighted by Crippen LogP contribution is -2.32. The molecular weight excluding hydrogens is 450 g/mol. The number of aryl methyl sites for hydroxylation is 2. The summed E-state index contributed by atoms with van der Waals surface area (Å²) >= 11 is 0. The van der Waals surface area contributed by atoms with Gasteiger partial charge in [0.2, 0.25) is 5.69 Å². The molecule has 0 saturated carbocycles. The summed E-state index contributed by atoms with van der Waals surface area (Å²) in [5.41, 5.74) is 6.77. The van der Waals surface area contributed by atoms with Crippen LogP contribution in [-0.2, 0) is 19.9 Å². The summed E-state index contributed by atoms with van der Waals surface area (Å²) in [5.74, 6) is 2.03. The minimum atomic E-state index is 0.110. The van der Waals surface area contributed by atoms with Gasteiger partial charge in [0.05, 0.1) is 10.9 Å². The molecule has 0 bridgehead atoms. The number of pyridine rings is 1. The van der Waals surface area contributed by atoms with Gasteiger partial charge < -0.3 is 4.74 Å². The van der Waals surface area contributed by atoms with E-state index in [2.05, 4.69) is 121 Å². The highest BCUT2D eigenvalue weighted by Crippen LogP contribution is 2.52. The van der Waals surface area contributed by atoms with Crippen molar-refractivity contribution in [3.05, 3.63) is 77.5 Å². The second-order valence-corrected chi connectivity index (χ2v) is 13.4. The maximum absolute atomic E-state index is 7.06. The number of hydrogen-bond donors (Lipinski definition) is 0. The second-order valence-electron chi connectivity index (χ2n) is 13.4. The zero-order valence-electron chi connectivity index (χ0n) is 23.5. The number of aromatic nitrogens is 1. The van der Waals surface area contributed by atoms with Crippen molar-refractivity contribution in [2.75, 3.05) is 0 Å². The van der Waals surface area contributed by atoms with E-state index in [-0.39, 0.29) is 10.8 Å². The fourth-order valence-electron chi connectivity index (χ4n) is 6.31. The highest BCUT2D eigenvalue weighted by atomic mass is 16.5. The summed E-state index contributed by atoms with van der Waals surface area (Å²) in [5, 5.41) is 7.73. The van der Waals surface area contributed by atoms with Crippen molar-refractivity contribution in [1.29, 1.82) is 0 Å². The number of rotatable bonds is 2. The molecule has 0 aliphatic carbocycles. The maximum Gasteiger partial charge on any atom is 0.228 e. The van der Waals surface area contributed by atoms with Crippen molar-refractivity contribution in [3.8, 4) is 22.8 Å². The molecule has 0 saturated heterocycles. The van der Waals surface area contributed by atoms with Gasteiger partial charge in [0.25, 0.3) is 0 Å². The smallest absolute Gasteiger partial charge is 0.228 e. The Bertz CT molecular complexity index is 1730. The number of benzene rings is 4. The molecule has 4 aromatic carbocycles. The van der Waals surface area contributed by atoms with Crippen LogP contribution in [0.4, 0.5) is 0 Å². The van der Waals surface area contributed by atoms with Crippen LogP contribution in [0, 0.1) is 17.8 Å². The predicted octanol–water partition coefficient (Wildman–Crippen LogP) is 9.23. The minimum absolute atomic E-state index is 0.110. The Kier molecular flexibility index (Phi) is 5.22. The van der Waals surface area contributed by atoms with Crippen molar-refractivity contribution in [2.24, 2.45) is 17.9 Å². The summed E-state index contributed by atoms with van der Waals surface area (Å²) < 4.78 is 9.35. The van der Waals surface area contributed by atoms with Gasteiger partial charge in [-0.15, -0.1) is 0 Å². The first-order valence-electron chi connectivity index (χ1n) is 13.5. The van der Waals surface area contributed by atoms with Crippen LogP contribution in [0.15, 0.2) is 60.8 Å². The zero-order chi connectivity index (χ0) is 26.3. The summed E-state index contributed by atoms with van der Waals surface area (Å²) in [7, 11) is 2.17. The predicted molar refractivity (Wildman–Crippen MR) is 157 cm³/mol. The van der Waals surface area contributed by atoms with E-state index in [4.69, 9.17) is 4.74 Å². The van der Waals surface area contributed by atoms with Gasteiger partial charge in [-0.05, 0) is 74.7 Å². The Morgan fingerprint density at radius 2 is 1.49 bits per heavy atom. The van der Waals surface area contributed by atoms with Crippen LogP contribution in [0.3, 0.4) is 0 Å². The number of hydrogen-bond acceptors (Lipinski definition) is 1. The van der Waals surface area contributed by atoms with Gasteiger partial charge in [-0.25, -0.2) is 4.57 Å². The average Bonchev–Trinajstić information content (AvgIpc) is 2.81. The molecule has 6 rings (SSSR count). The summed E-state index contributed by atoms with van der Waals surface area (Å²) in [4.78, 5) is 0. The fraction of sp³-hybridized carbons (Fsp3) is 0.343. The van der Waals surface area contributed by atoms with Crippen LogP contribution in [0.5, 0.6) is 11.5 Å². The number of fused-ring (bicyclic) bond motifs is 5. The first-order chi connectivity index (χ1) is 17.4. The van der Waals surface area contributed by atoms with Crippen molar-refractivity contribution < 1.29 is 9.30 Å². The van der Waals surface area contributed by atoms with Crippen molar-refractivity contribution in [1.82, 2.24) is 0 Å². The molecule has 0 fully saturated rings. The van der Waals surface area contributed by atoms with E-state index >= 15 is 0 Å². The van der Waals surface area contributed by atoms with E-state index in [0.717, 1.165) is 24.3 Å². The molecule has 0 radical (unpaired) electrons. The fourth-order valence-corrected chi connectivity index (χ4v) is 6.31. The average molecular weight is 489 g/mol. The Labute approximate surface area is 220 Å². The number of ether oxygens (including phenoxy) is 1. The molecule has 1 aliphatic rings. The molecule has 1 aliphatic heterocycles. The van der Waals surface area contributed by atoms with Crippen molar-refractivity contribution >= 4 is 32.3 Å². The van der Waals surface area contributed by atoms with Crippen LogP contribution in [0.25, 0.3) is 43.6 Å². The molecule has 2 heterocycles. The molecule has 0 atom stereocenters. The summed E-state index contributed by atoms with van der Waals surface area (Å²) in [6, 6.07) is 20.3. The van der Waals surface area contributed by atoms with E-state index in [1.807, 2.05) is 0 Å². The quantitative estimate of drug-likeness (QED) is 0.175. The Balaban J connectivity index is 1.77. The van der Waals surface area contributed by atoms with Gasteiger partial charge in [-0.2, -0.15) is 0 Å². The van der Waals surface area contributed by atoms with Gasteiger partial charge in [0.15, 0.2) is 6.20 Å². The molecule has 37 heavy (non-hydrogen) atoms. The van der Waals surface area contributed by atoms with Gasteiger partial charge in [0, 0.05) is 11.6 Å². The largest absolute Gasteiger partial charge is 0.455 e. The Morgan fingerprint density at radius 3 is 2.22 bits per heavy atom. The molecule has 2 nitrogen and oxygen atoms in total. The lowest BCUT2D eigenvalue weighted by atomic mass is 9.80. The molecule has 5 aromatic rings. The molecular formula is C35H38NO+. The van der Waals surface area contributed by atoms with Gasteiger partial charge in [0.1, 0.15) is 18.5 Å².